The van der Waals surface area contributed by atoms with E-state index in [1.165, 1.54) is 32.2 Å². The first kappa shape index (κ1) is 24.8. The molecular weight excluding hydrogens is 398 g/mol. The Bertz CT molecular complexity index is 700. The summed E-state index contributed by atoms with van der Waals surface area (Å²) in [6.45, 7) is 7.41. The summed E-state index contributed by atoms with van der Waals surface area (Å²) in [5.74, 6) is 0.737. The summed E-state index contributed by atoms with van der Waals surface area (Å²) >= 11 is 0. The van der Waals surface area contributed by atoms with Gasteiger partial charge >= 0.3 is 0 Å². The molecule has 2 amide bonds. The van der Waals surface area contributed by atoms with E-state index in [0.717, 1.165) is 44.2 Å². The predicted molar refractivity (Wildman–Crippen MR) is 130 cm³/mol. The number of rotatable bonds is 10. The van der Waals surface area contributed by atoms with Gasteiger partial charge in [-0.2, -0.15) is 0 Å². The third-order valence-corrected chi connectivity index (χ3v) is 7.44. The van der Waals surface area contributed by atoms with Crippen molar-refractivity contribution in [1.29, 1.82) is 0 Å². The molecule has 1 saturated carbocycles. The van der Waals surface area contributed by atoms with Crippen molar-refractivity contribution in [2.24, 2.45) is 11.8 Å². The van der Waals surface area contributed by atoms with Crippen molar-refractivity contribution in [2.45, 2.75) is 90.1 Å². The van der Waals surface area contributed by atoms with Gasteiger partial charge in [-0.05, 0) is 69.4 Å². The molecule has 1 aliphatic carbocycles. The van der Waals surface area contributed by atoms with Gasteiger partial charge in [-0.1, -0.05) is 50.6 Å². The molecule has 2 atom stereocenters. The van der Waals surface area contributed by atoms with Crippen LogP contribution in [0.15, 0.2) is 30.3 Å². The van der Waals surface area contributed by atoms with Crippen molar-refractivity contribution < 1.29 is 9.59 Å². The van der Waals surface area contributed by atoms with Crippen molar-refractivity contribution in [1.82, 2.24) is 15.5 Å². The van der Waals surface area contributed by atoms with Gasteiger partial charge in [0.15, 0.2) is 0 Å². The van der Waals surface area contributed by atoms with Gasteiger partial charge in [-0.15, -0.1) is 0 Å². The minimum absolute atomic E-state index is 0.0438. The van der Waals surface area contributed by atoms with Gasteiger partial charge in [0.2, 0.25) is 11.8 Å². The lowest BCUT2D eigenvalue weighted by Crippen LogP contribution is -2.50. The van der Waals surface area contributed by atoms with Crippen LogP contribution in [0.25, 0.3) is 0 Å². The Morgan fingerprint density at radius 3 is 2.53 bits per heavy atom. The van der Waals surface area contributed by atoms with E-state index in [9.17, 15) is 9.59 Å². The minimum Gasteiger partial charge on any atom is -0.354 e. The lowest BCUT2D eigenvalue weighted by atomic mass is 9.82. The van der Waals surface area contributed by atoms with Crippen molar-refractivity contribution in [3.05, 3.63) is 35.9 Å². The summed E-state index contributed by atoms with van der Waals surface area (Å²) in [5.41, 5.74) is 1.07. The molecule has 1 aromatic rings. The van der Waals surface area contributed by atoms with E-state index in [2.05, 4.69) is 29.4 Å². The van der Waals surface area contributed by atoms with Crippen molar-refractivity contribution >= 4 is 11.8 Å². The van der Waals surface area contributed by atoms with Gasteiger partial charge in [-0.3, -0.25) is 9.59 Å². The van der Waals surface area contributed by atoms with Crippen LogP contribution in [0, 0.1) is 11.8 Å². The summed E-state index contributed by atoms with van der Waals surface area (Å²) < 4.78 is 0. The molecule has 2 fully saturated rings. The fourth-order valence-electron chi connectivity index (χ4n) is 5.30. The Hall–Kier alpha value is -1.88. The van der Waals surface area contributed by atoms with Gasteiger partial charge in [0.05, 0.1) is 0 Å². The molecule has 0 aromatic heterocycles. The van der Waals surface area contributed by atoms with Crippen molar-refractivity contribution in [3.63, 3.8) is 0 Å². The first-order chi connectivity index (χ1) is 15.6. The molecule has 1 heterocycles. The highest BCUT2D eigenvalue weighted by molar-refractivity contribution is 5.88. The Kier molecular flexibility index (Phi) is 10.0. The fraction of sp³-hybridized carbons (Fsp3) is 0.704. The maximum absolute atomic E-state index is 13.1. The van der Waals surface area contributed by atoms with E-state index in [1.54, 1.807) is 0 Å². The molecule has 32 heavy (non-hydrogen) atoms. The van der Waals surface area contributed by atoms with Crippen molar-refractivity contribution in [2.75, 3.05) is 19.6 Å². The molecule has 2 N–H and O–H groups in total. The molecule has 0 bridgehead atoms. The second-order valence-electron chi connectivity index (χ2n) is 9.95. The van der Waals surface area contributed by atoms with Crippen LogP contribution in [-0.4, -0.2) is 48.4 Å². The molecule has 2 aliphatic rings. The van der Waals surface area contributed by atoms with Crippen LogP contribution in [0.3, 0.4) is 0 Å². The molecule has 3 rings (SSSR count). The average molecular weight is 442 g/mol. The first-order valence-corrected chi connectivity index (χ1v) is 12.9. The first-order valence-electron chi connectivity index (χ1n) is 12.9. The van der Waals surface area contributed by atoms with Crippen LogP contribution in [0.1, 0.15) is 77.2 Å². The smallest absolute Gasteiger partial charge is 0.242 e. The Morgan fingerprint density at radius 2 is 1.81 bits per heavy atom. The van der Waals surface area contributed by atoms with E-state index in [-0.39, 0.29) is 17.7 Å². The summed E-state index contributed by atoms with van der Waals surface area (Å²) in [7, 11) is 0. The highest BCUT2D eigenvalue weighted by Crippen LogP contribution is 2.28. The molecule has 5 heteroatoms. The summed E-state index contributed by atoms with van der Waals surface area (Å²) in [5, 5.41) is 6.21. The second-order valence-corrected chi connectivity index (χ2v) is 9.95. The lowest BCUT2D eigenvalue weighted by Gasteiger charge is -2.35. The predicted octanol–water partition coefficient (Wildman–Crippen LogP) is 4.31. The zero-order valence-corrected chi connectivity index (χ0v) is 20.2. The number of amides is 2. The number of nitrogens with zero attached hydrogens (tertiary/aromatic N) is 1. The number of likely N-dealkylation sites (tertiary alicyclic amines) is 1. The van der Waals surface area contributed by atoms with E-state index >= 15 is 0 Å². The van der Waals surface area contributed by atoms with E-state index < -0.39 is 6.04 Å². The topological polar surface area (TPSA) is 61.4 Å². The lowest BCUT2D eigenvalue weighted by molar-refractivity contribution is -0.131. The highest BCUT2D eigenvalue weighted by Gasteiger charge is 2.28. The third kappa shape index (κ3) is 7.61. The minimum atomic E-state index is -0.511. The van der Waals surface area contributed by atoms with E-state index in [0.29, 0.717) is 24.9 Å². The molecule has 1 aromatic carbocycles. The van der Waals surface area contributed by atoms with Gasteiger partial charge in [0.1, 0.15) is 6.04 Å². The summed E-state index contributed by atoms with van der Waals surface area (Å²) in [4.78, 5) is 28.6. The maximum Gasteiger partial charge on any atom is 0.242 e. The number of nitrogens with one attached hydrogen (secondary N) is 2. The number of carbonyl (C=O) groups excluding carboxylic acids is 2. The van der Waals surface area contributed by atoms with Crippen LogP contribution in [0.5, 0.6) is 0 Å². The fourth-order valence-corrected chi connectivity index (χ4v) is 5.30. The Morgan fingerprint density at radius 1 is 1.06 bits per heavy atom. The molecule has 0 unspecified atom stereocenters. The standard InChI is InChI=1S/C27H43N3O2/c1-3-24-12-7-8-18-30(24)19-9-17-28-27(32)25(20-22-10-5-4-6-11-22)29-26(31)23-15-13-21(2)14-16-23/h4-6,10-11,21,23-25H,3,7-9,12-20H2,1-2H3,(H,28,32)(H,29,31)/t21?,23?,24-,25+/m0/s1. The number of benzene rings is 1. The van der Waals surface area contributed by atoms with E-state index in [4.69, 9.17) is 0 Å². The van der Waals surface area contributed by atoms with Crippen LogP contribution >= 0.6 is 0 Å². The van der Waals surface area contributed by atoms with Gasteiger partial charge in [0.25, 0.3) is 0 Å². The maximum atomic E-state index is 13.1. The molecule has 1 saturated heterocycles. The second kappa shape index (κ2) is 13.0. The SMILES string of the molecule is CC[C@H]1CCCCN1CCCNC(=O)[C@@H](Cc1ccccc1)NC(=O)C1CCC(C)CC1. The Labute approximate surface area is 194 Å². The normalized spacial score (nSPS) is 25.1. The van der Waals surface area contributed by atoms with Gasteiger partial charge in [-0.25, -0.2) is 0 Å². The monoisotopic (exact) mass is 441 g/mol. The van der Waals surface area contributed by atoms with E-state index in [1.807, 2.05) is 30.3 Å². The molecule has 0 radical (unpaired) electrons. The molecule has 178 valence electrons. The zero-order chi connectivity index (χ0) is 22.8. The molecule has 5 nitrogen and oxygen atoms in total. The molecular formula is C27H43N3O2. The number of hydrogen-bond acceptors (Lipinski definition) is 3. The van der Waals surface area contributed by atoms with Gasteiger partial charge < -0.3 is 15.5 Å². The van der Waals surface area contributed by atoms with Gasteiger partial charge in [0, 0.05) is 31.5 Å². The summed E-state index contributed by atoms with van der Waals surface area (Å²) in [6.07, 6.45) is 10.7. The number of carbonyl (C=O) groups is 2. The quantitative estimate of drug-likeness (QED) is 0.532. The highest BCUT2D eigenvalue weighted by atomic mass is 16.2. The zero-order valence-electron chi connectivity index (χ0n) is 20.2. The largest absolute Gasteiger partial charge is 0.354 e. The number of piperidine rings is 1. The Balaban J connectivity index is 1.51. The molecule has 0 spiro atoms. The van der Waals surface area contributed by atoms with Crippen molar-refractivity contribution in [3.8, 4) is 0 Å². The average Bonchev–Trinajstić information content (AvgIpc) is 2.82. The number of hydrogen-bond donors (Lipinski definition) is 2. The van der Waals surface area contributed by atoms with Crippen LogP contribution in [0.4, 0.5) is 0 Å². The van der Waals surface area contributed by atoms with Crippen LogP contribution in [0.2, 0.25) is 0 Å². The summed E-state index contributed by atoms with van der Waals surface area (Å²) in [6, 6.07) is 10.2. The van der Waals surface area contributed by atoms with Crippen LogP contribution < -0.4 is 10.6 Å². The molecule has 1 aliphatic heterocycles. The third-order valence-electron chi connectivity index (χ3n) is 7.44. The van der Waals surface area contributed by atoms with Crippen LogP contribution in [-0.2, 0) is 16.0 Å².